The maximum Gasteiger partial charge on any atom is 0.255 e. The number of aromatic nitrogens is 1. The molecule has 0 N–H and O–H groups in total. The molecular formula is C14H7B2BrClFN2O. The van der Waals surface area contributed by atoms with Crippen LogP contribution in [0.15, 0.2) is 34.9 Å². The predicted molar refractivity (Wildman–Crippen MR) is 86.4 cm³/mol. The summed E-state index contributed by atoms with van der Waals surface area (Å²) >= 11 is 9.21. The Morgan fingerprint density at radius 1 is 1.41 bits per heavy atom. The number of nitrogens with zero attached hydrogens (tertiary/aromatic N) is 2. The highest BCUT2D eigenvalue weighted by molar-refractivity contribution is 9.10. The Balaban J connectivity index is 2.03. The van der Waals surface area contributed by atoms with Crippen LogP contribution >= 0.6 is 27.5 Å². The lowest BCUT2D eigenvalue weighted by Crippen LogP contribution is -2.44. The van der Waals surface area contributed by atoms with Crippen LogP contribution in [0.25, 0.3) is 0 Å². The second kappa shape index (κ2) is 5.39. The van der Waals surface area contributed by atoms with E-state index in [1.807, 2.05) is 0 Å². The molecule has 0 saturated carbocycles. The van der Waals surface area contributed by atoms with Gasteiger partial charge in [-0.05, 0) is 24.3 Å². The number of pyridine rings is 1. The van der Waals surface area contributed by atoms with Crippen molar-refractivity contribution in [2.75, 3.05) is 0 Å². The monoisotopic (exact) mass is 374 g/mol. The zero-order valence-corrected chi connectivity index (χ0v) is 13.5. The van der Waals surface area contributed by atoms with Gasteiger partial charge in [0, 0.05) is 33.1 Å². The molecule has 0 fully saturated rings. The van der Waals surface area contributed by atoms with Gasteiger partial charge in [-0.1, -0.05) is 27.5 Å². The number of amides is 1. The van der Waals surface area contributed by atoms with E-state index in [0.29, 0.717) is 10.0 Å². The number of hydrogen-bond acceptors (Lipinski definition) is 2. The molecule has 1 aliphatic heterocycles. The van der Waals surface area contributed by atoms with Crippen LogP contribution in [0, 0.1) is 5.82 Å². The lowest BCUT2D eigenvalue weighted by Gasteiger charge is -2.33. The van der Waals surface area contributed by atoms with Crippen molar-refractivity contribution in [3.63, 3.8) is 0 Å². The fourth-order valence-electron chi connectivity index (χ4n) is 2.42. The number of carbonyl (C=O) groups is 1. The highest BCUT2D eigenvalue weighted by atomic mass is 79.9. The van der Waals surface area contributed by atoms with Crippen LogP contribution in [0.3, 0.4) is 0 Å². The molecule has 0 unspecified atom stereocenters. The van der Waals surface area contributed by atoms with E-state index in [1.54, 1.807) is 18.2 Å². The summed E-state index contributed by atoms with van der Waals surface area (Å²) in [5.74, 6) is -0.960. The van der Waals surface area contributed by atoms with Crippen LogP contribution in [0.2, 0.25) is 5.02 Å². The summed E-state index contributed by atoms with van der Waals surface area (Å²) in [4.78, 5) is 17.7. The average Bonchev–Trinajstić information content (AvgIpc) is 2.63. The van der Waals surface area contributed by atoms with Gasteiger partial charge in [-0.15, -0.1) is 0 Å². The van der Waals surface area contributed by atoms with Gasteiger partial charge in [0.05, 0.1) is 26.9 Å². The fourth-order valence-corrected chi connectivity index (χ4v) is 3.25. The van der Waals surface area contributed by atoms with E-state index in [2.05, 4.69) is 20.9 Å². The normalized spacial score (nSPS) is 16.0. The largest absolute Gasteiger partial charge is 0.340 e. The van der Waals surface area contributed by atoms with Gasteiger partial charge in [-0.3, -0.25) is 9.78 Å². The molecule has 2 aromatic rings. The quantitative estimate of drug-likeness (QED) is 0.757. The zero-order valence-electron chi connectivity index (χ0n) is 11.2. The second-order valence-electron chi connectivity index (χ2n) is 4.96. The van der Waals surface area contributed by atoms with E-state index in [0.717, 1.165) is 4.90 Å². The van der Waals surface area contributed by atoms with Gasteiger partial charge in [-0.2, -0.15) is 0 Å². The molecule has 1 aromatic carbocycles. The van der Waals surface area contributed by atoms with Crippen molar-refractivity contribution < 1.29 is 9.18 Å². The molecule has 1 aromatic heterocycles. The summed E-state index contributed by atoms with van der Waals surface area (Å²) in [5, 5.41) is -1.43. The highest BCUT2D eigenvalue weighted by Crippen LogP contribution is 2.36. The van der Waals surface area contributed by atoms with E-state index in [9.17, 15) is 9.18 Å². The van der Waals surface area contributed by atoms with Crippen molar-refractivity contribution in [3.8, 4) is 0 Å². The van der Waals surface area contributed by atoms with Gasteiger partial charge in [0.2, 0.25) is 0 Å². The first-order valence-electron chi connectivity index (χ1n) is 6.31. The van der Waals surface area contributed by atoms with E-state index in [4.69, 9.17) is 27.3 Å². The first-order valence-corrected chi connectivity index (χ1v) is 7.48. The highest BCUT2D eigenvalue weighted by Gasteiger charge is 2.43. The predicted octanol–water partition coefficient (Wildman–Crippen LogP) is 2.74. The third kappa shape index (κ3) is 2.36. The summed E-state index contributed by atoms with van der Waals surface area (Å²) in [6, 6.07) is 6.00. The number of benzene rings is 1. The Morgan fingerprint density at radius 2 is 2.14 bits per heavy atom. The lowest BCUT2D eigenvalue weighted by molar-refractivity contribution is 0.0729. The Bertz CT molecular complexity index is 764. The minimum Gasteiger partial charge on any atom is -0.340 e. The average molecular weight is 375 g/mol. The van der Waals surface area contributed by atoms with Gasteiger partial charge in [0.15, 0.2) is 0 Å². The van der Waals surface area contributed by atoms with E-state index < -0.39 is 17.1 Å². The van der Waals surface area contributed by atoms with Crippen molar-refractivity contribution in [3.05, 3.63) is 62.6 Å². The maximum absolute atomic E-state index is 14.1. The Kier molecular flexibility index (Phi) is 3.81. The Morgan fingerprint density at radius 3 is 2.77 bits per heavy atom. The van der Waals surface area contributed by atoms with Crippen LogP contribution in [0.4, 0.5) is 4.39 Å². The van der Waals surface area contributed by atoms with Crippen molar-refractivity contribution in [2.24, 2.45) is 0 Å². The number of hydrogen-bond donors (Lipinski definition) is 0. The smallest absolute Gasteiger partial charge is 0.255 e. The molecule has 0 bridgehead atoms. The lowest BCUT2D eigenvalue weighted by atomic mass is 9.59. The summed E-state index contributed by atoms with van der Waals surface area (Å²) < 4.78 is 14.6. The molecule has 0 atom stereocenters. The SMILES string of the molecule is [B]C1([B])c2ncccc2C(=O)N1Cc1c(F)cc(Br)cc1Cl. The van der Waals surface area contributed by atoms with Gasteiger partial charge < -0.3 is 4.90 Å². The van der Waals surface area contributed by atoms with Crippen LogP contribution < -0.4 is 0 Å². The summed E-state index contributed by atoms with van der Waals surface area (Å²) in [5.41, 5.74) is 0.709. The number of halogens is 3. The molecule has 1 amide bonds. The van der Waals surface area contributed by atoms with E-state index in [-0.39, 0.29) is 22.8 Å². The van der Waals surface area contributed by atoms with Gasteiger partial charge in [0.1, 0.15) is 5.82 Å². The van der Waals surface area contributed by atoms with Gasteiger partial charge in [-0.25, -0.2) is 4.39 Å². The summed E-state index contributed by atoms with van der Waals surface area (Å²) in [6.07, 6.45) is 1.50. The fraction of sp³-hybridized carbons (Fsp3) is 0.143. The minimum absolute atomic E-state index is 0.145. The number of fused-ring (bicyclic) bond motifs is 1. The van der Waals surface area contributed by atoms with Crippen molar-refractivity contribution in [2.45, 2.75) is 11.9 Å². The molecule has 2 heterocycles. The topological polar surface area (TPSA) is 33.2 Å². The molecule has 0 spiro atoms. The molecule has 106 valence electrons. The molecule has 22 heavy (non-hydrogen) atoms. The van der Waals surface area contributed by atoms with Crippen LogP contribution in [0.5, 0.6) is 0 Å². The molecule has 4 radical (unpaired) electrons. The van der Waals surface area contributed by atoms with Crippen molar-refractivity contribution in [1.29, 1.82) is 0 Å². The Labute approximate surface area is 142 Å². The minimum atomic E-state index is -1.61. The summed E-state index contributed by atoms with van der Waals surface area (Å²) in [6.45, 7) is -0.153. The standard InChI is InChI=1S/C14H7B2BrClFN2O/c15-14(16)12-8(2-1-3-20-12)13(22)21(14)6-9-10(18)4-7(17)5-11(9)19/h1-5H,6H2. The van der Waals surface area contributed by atoms with Crippen molar-refractivity contribution >= 4 is 49.1 Å². The molecule has 8 heteroatoms. The third-order valence-corrected chi connectivity index (χ3v) is 4.33. The Hall–Kier alpha value is -1.33. The van der Waals surface area contributed by atoms with Crippen LogP contribution in [-0.4, -0.2) is 31.5 Å². The molecule has 1 aliphatic rings. The second-order valence-corrected chi connectivity index (χ2v) is 6.29. The summed E-state index contributed by atoms with van der Waals surface area (Å²) in [7, 11) is 12.1. The first kappa shape index (κ1) is 15.6. The molecule has 0 aliphatic carbocycles. The first-order chi connectivity index (χ1) is 10.3. The molecular weight excluding hydrogens is 368 g/mol. The maximum atomic E-state index is 14.1. The van der Waals surface area contributed by atoms with E-state index in [1.165, 1.54) is 12.3 Å². The van der Waals surface area contributed by atoms with Gasteiger partial charge >= 0.3 is 0 Å². The van der Waals surface area contributed by atoms with Crippen molar-refractivity contribution in [1.82, 2.24) is 9.88 Å². The van der Waals surface area contributed by atoms with Crippen LogP contribution in [-0.2, 0) is 11.9 Å². The molecule has 3 nitrogen and oxygen atoms in total. The third-order valence-electron chi connectivity index (χ3n) is 3.53. The van der Waals surface area contributed by atoms with Gasteiger partial charge in [0.25, 0.3) is 5.91 Å². The van der Waals surface area contributed by atoms with Crippen LogP contribution in [0.1, 0.15) is 21.6 Å². The zero-order chi connectivity index (χ0) is 16.1. The molecule has 3 rings (SSSR count). The van der Waals surface area contributed by atoms with E-state index >= 15 is 0 Å². The molecule has 0 saturated heterocycles. The number of carbonyl (C=O) groups excluding carboxylic acids is 1. The number of rotatable bonds is 2.